The van der Waals surface area contributed by atoms with E-state index in [0.29, 0.717) is 0 Å². The fourth-order valence-corrected chi connectivity index (χ4v) is 1.71. The van der Waals surface area contributed by atoms with E-state index in [2.05, 4.69) is 10.3 Å². The van der Waals surface area contributed by atoms with Crippen molar-refractivity contribution < 1.29 is 4.79 Å². The van der Waals surface area contributed by atoms with Gasteiger partial charge < -0.3 is 5.32 Å². The Morgan fingerprint density at radius 2 is 1.65 bits per heavy atom. The van der Waals surface area contributed by atoms with Crippen molar-refractivity contribution in [2.45, 2.75) is 13.0 Å². The Morgan fingerprint density at radius 1 is 1.06 bits per heavy atom. The number of carbonyl (C=O) groups excluding carboxylic acids is 1. The number of benzene rings is 1. The number of aromatic nitrogens is 1. The molecule has 0 saturated carbocycles. The fraction of sp³-hybridized carbons (Fsp3) is 0.143. The number of hydrogen-bond acceptors (Lipinski definition) is 2. The molecule has 1 aromatic carbocycles. The van der Waals surface area contributed by atoms with Crippen LogP contribution in [0.2, 0.25) is 0 Å². The average molecular weight is 226 g/mol. The van der Waals surface area contributed by atoms with E-state index in [-0.39, 0.29) is 6.04 Å². The number of nitrogens with one attached hydrogen (secondary N) is 1. The minimum atomic E-state index is 0.0407. The Labute approximate surface area is 101 Å². The van der Waals surface area contributed by atoms with Crippen LogP contribution in [0.15, 0.2) is 48.8 Å². The van der Waals surface area contributed by atoms with Gasteiger partial charge in [-0.2, -0.15) is 0 Å². The van der Waals surface area contributed by atoms with Crippen LogP contribution < -0.4 is 5.32 Å². The molecular weight excluding hydrogens is 212 g/mol. The first-order valence-corrected chi connectivity index (χ1v) is 5.51. The SMILES string of the molecule is CC(NC=O)c1ccc(-c2ccncc2)cc1. The molecule has 0 fully saturated rings. The first-order chi connectivity index (χ1) is 8.31. The molecule has 0 radical (unpaired) electrons. The third-order valence-electron chi connectivity index (χ3n) is 2.74. The van der Waals surface area contributed by atoms with Gasteiger partial charge in [0.25, 0.3) is 0 Å². The van der Waals surface area contributed by atoms with Gasteiger partial charge in [-0.15, -0.1) is 0 Å². The topological polar surface area (TPSA) is 42.0 Å². The van der Waals surface area contributed by atoms with Gasteiger partial charge in [-0.1, -0.05) is 24.3 Å². The smallest absolute Gasteiger partial charge is 0.207 e. The standard InChI is InChI=1S/C14H14N2O/c1-11(16-10-17)12-2-4-13(5-3-12)14-6-8-15-9-7-14/h2-11H,1H3,(H,16,17). The second kappa shape index (κ2) is 5.25. The van der Waals surface area contributed by atoms with E-state index in [1.165, 1.54) is 0 Å². The Balaban J connectivity index is 2.21. The van der Waals surface area contributed by atoms with Crippen molar-refractivity contribution in [3.8, 4) is 11.1 Å². The second-order valence-corrected chi connectivity index (χ2v) is 3.86. The minimum Gasteiger partial charge on any atom is -0.352 e. The molecular formula is C14H14N2O. The largest absolute Gasteiger partial charge is 0.352 e. The van der Waals surface area contributed by atoms with Crippen LogP contribution in [-0.4, -0.2) is 11.4 Å². The van der Waals surface area contributed by atoms with Gasteiger partial charge in [-0.05, 0) is 35.7 Å². The second-order valence-electron chi connectivity index (χ2n) is 3.86. The van der Waals surface area contributed by atoms with Crippen LogP contribution in [0.25, 0.3) is 11.1 Å². The molecule has 17 heavy (non-hydrogen) atoms. The van der Waals surface area contributed by atoms with Crippen molar-refractivity contribution in [2.75, 3.05) is 0 Å². The zero-order valence-electron chi connectivity index (χ0n) is 9.63. The van der Waals surface area contributed by atoms with Gasteiger partial charge in [0.15, 0.2) is 0 Å². The van der Waals surface area contributed by atoms with Gasteiger partial charge in [0.2, 0.25) is 6.41 Å². The molecule has 0 saturated heterocycles. The summed E-state index contributed by atoms with van der Waals surface area (Å²) < 4.78 is 0. The maximum Gasteiger partial charge on any atom is 0.207 e. The van der Waals surface area contributed by atoms with Gasteiger partial charge in [-0.25, -0.2) is 0 Å². The quantitative estimate of drug-likeness (QED) is 0.814. The average Bonchev–Trinajstić information content (AvgIpc) is 2.40. The lowest BCUT2D eigenvalue weighted by atomic mass is 10.0. The third-order valence-corrected chi connectivity index (χ3v) is 2.74. The Kier molecular flexibility index (Phi) is 3.50. The summed E-state index contributed by atoms with van der Waals surface area (Å²) >= 11 is 0. The van der Waals surface area contributed by atoms with Crippen LogP contribution in [0.5, 0.6) is 0 Å². The first kappa shape index (κ1) is 11.3. The highest BCUT2D eigenvalue weighted by atomic mass is 16.1. The summed E-state index contributed by atoms with van der Waals surface area (Å²) in [6, 6.07) is 12.1. The van der Waals surface area contributed by atoms with E-state index in [1.54, 1.807) is 12.4 Å². The highest BCUT2D eigenvalue weighted by Gasteiger charge is 2.03. The summed E-state index contributed by atoms with van der Waals surface area (Å²) in [6.07, 6.45) is 4.28. The molecule has 0 spiro atoms. The molecule has 3 heteroatoms. The predicted octanol–water partition coefficient (Wildman–Crippen LogP) is 2.56. The number of pyridine rings is 1. The molecule has 1 aromatic heterocycles. The zero-order valence-corrected chi connectivity index (χ0v) is 9.63. The molecule has 2 aromatic rings. The number of amides is 1. The molecule has 0 aliphatic heterocycles. The fourth-order valence-electron chi connectivity index (χ4n) is 1.71. The van der Waals surface area contributed by atoms with E-state index in [9.17, 15) is 4.79 Å². The van der Waals surface area contributed by atoms with Crippen LogP contribution in [0.4, 0.5) is 0 Å². The van der Waals surface area contributed by atoms with Crippen LogP contribution in [0, 0.1) is 0 Å². The Hall–Kier alpha value is -2.16. The normalized spacial score (nSPS) is 11.8. The van der Waals surface area contributed by atoms with Crippen molar-refractivity contribution in [3.05, 3.63) is 54.4 Å². The molecule has 1 unspecified atom stereocenters. The molecule has 2 rings (SSSR count). The Morgan fingerprint density at radius 3 is 2.24 bits per heavy atom. The number of carbonyl (C=O) groups is 1. The van der Waals surface area contributed by atoms with Gasteiger partial charge in [0.1, 0.15) is 0 Å². The molecule has 1 amide bonds. The lowest BCUT2D eigenvalue weighted by molar-refractivity contribution is -0.110. The van der Waals surface area contributed by atoms with Crippen molar-refractivity contribution in [1.29, 1.82) is 0 Å². The van der Waals surface area contributed by atoms with Crippen LogP contribution >= 0.6 is 0 Å². The summed E-state index contributed by atoms with van der Waals surface area (Å²) in [6.45, 7) is 1.95. The van der Waals surface area contributed by atoms with Crippen molar-refractivity contribution >= 4 is 6.41 Å². The van der Waals surface area contributed by atoms with Crippen LogP contribution in [-0.2, 0) is 4.79 Å². The maximum atomic E-state index is 10.4. The molecule has 0 aliphatic carbocycles. The Bertz CT molecular complexity index is 479. The van der Waals surface area contributed by atoms with E-state index < -0.39 is 0 Å². The van der Waals surface area contributed by atoms with Gasteiger partial charge in [-0.3, -0.25) is 9.78 Å². The lowest BCUT2D eigenvalue weighted by Gasteiger charge is -2.11. The lowest BCUT2D eigenvalue weighted by Crippen LogP contribution is -2.15. The zero-order chi connectivity index (χ0) is 12.1. The molecule has 3 nitrogen and oxygen atoms in total. The number of nitrogens with zero attached hydrogens (tertiary/aromatic N) is 1. The maximum absolute atomic E-state index is 10.4. The monoisotopic (exact) mass is 226 g/mol. The molecule has 1 heterocycles. The first-order valence-electron chi connectivity index (χ1n) is 5.51. The van der Waals surface area contributed by atoms with Gasteiger partial charge in [0, 0.05) is 12.4 Å². The summed E-state index contributed by atoms with van der Waals surface area (Å²) in [5, 5.41) is 2.73. The van der Waals surface area contributed by atoms with E-state index in [1.807, 2.05) is 43.3 Å². The minimum absolute atomic E-state index is 0.0407. The van der Waals surface area contributed by atoms with Crippen LogP contribution in [0.3, 0.4) is 0 Å². The number of hydrogen-bond donors (Lipinski definition) is 1. The predicted molar refractivity (Wildman–Crippen MR) is 67.3 cm³/mol. The van der Waals surface area contributed by atoms with Crippen molar-refractivity contribution in [3.63, 3.8) is 0 Å². The third kappa shape index (κ3) is 2.69. The number of rotatable bonds is 4. The molecule has 0 aliphatic rings. The molecule has 1 atom stereocenters. The van der Waals surface area contributed by atoms with Crippen molar-refractivity contribution in [1.82, 2.24) is 10.3 Å². The van der Waals surface area contributed by atoms with E-state index >= 15 is 0 Å². The van der Waals surface area contributed by atoms with E-state index in [4.69, 9.17) is 0 Å². The van der Waals surface area contributed by atoms with Crippen LogP contribution in [0.1, 0.15) is 18.5 Å². The van der Waals surface area contributed by atoms with Crippen molar-refractivity contribution in [2.24, 2.45) is 0 Å². The summed E-state index contributed by atoms with van der Waals surface area (Å²) in [7, 11) is 0. The molecule has 0 bridgehead atoms. The van der Waals surface area contributed by atoms with E-state index in [0.717, 1.165) is 23.1 Å². The van der Waals surface area contributed by atoms with Gasteiger partial charge in [0.05, 0.1) is 6.04 Å². The molecule has 1 N–H and O–H groups in total. The summed E-state index contributed by atoms with van der Waals surface area (Å²) in [5.41, 5.74) is 3.38. The van der Waals surface area contributed by atoms with Gasteiger partial charge >= 0.3 is 0 Å². The highest BCUT2D eigenvalue weighted by Crippen LogP contribution is 2.20. The summed E-state index contributed by atoms with van der Waals surface area (Å²) in [5.74, 6) is 0. The molecule has 86 valence electrons. The highest BCUT2D eigenvalue weighted by molar-refractivity contribution is 5.63. The summed E-state index contributed by atoms with van der Waals surface area (Å²) in [4.78, 5) is 14.4.